The van der Waals surface area contributed by atoms with Gasteiger partial charge in [-0.05, 0) is 0 Å². The Morgan fingerprint density at radius 3 is 2.25 bits per heavy atom. The second kappa shape index (κ2) is 4.15. The minimum absolute atomic E-state index is 0.185. The van der Waals surface area contributed by atoms with Crippen molar-refractivity contribution in [3.63, 3.8) is 0 Å². The molecule has 12 heavy (non-hydrogen) atoms. The number of hydrogen-bond acceptors (Lipinski definition) is 5. The Balaban J connectivity index is 2.61. The molecule has 0 radical (unpaired) electrons. The molecule has 0 saturated carbocycles. The molecule has 2 N–H and O–H groups in total. The highest BCUT2D eigenvalue weighted by atomic mass is 16.7. The van der Waals surface area contributed by atoms with Gasteiger partial charge in [0.25, 0.3) is 0 Å². The van der Waals surface area contributed by atoms with Crippen LogP contribution in [0.25, 0.3) is 0 Å². The van der Waals surface area contributed by atoms with Crippen molar-refractivity contribution in [2.45, 2.75) is 24.6 Å². The predicted molar refractivity (Wildman–Crippen MR) is 39.6 cm³/mol. The van der Waals surface area contributed by atoms with Crippen molar-refractivity contribution in [2.75, 3.05) is 20.8 Å². The Morgan fingerprint density at radius 2 is 1.83 bits per heavy atom. The Hall–Kier alpha value is -0.200. The largest absolute Gasteiger partial charge is 0.394 e. The Labute approximate surface area is 70.9 Å². The average molecular weight is 178 g/mol. The van der Waals surface area contributed by atoms with Crippen LogP contribution in [0.15, 0.2) is 0 Å². The molecule has 0 aromatic carbocycles. The molecule has 4 atom stereocenters. The molecule has 1 rings (SSSR count). The van der Waals surface area contributed by atoms with E-state index in [0.29, 0.717) is 0 Å². The monoisotopic (exact) mass is 178 g/mol. The third-order valence-electron chi connectivity index (χ3n) is 2.01. The van der Waals surface area contributed by atoms with Crippen molar-refractivity contribution < 1.29 is 24.4 Å². The number of aliphatic hydroxyl groups excluding tert-OH is 2. The van der Waals surface area contributed by atoms with E-state index < -0.39 is 24.6 Å². The molecule has 1 aliphatic rings. The molecular formula is C7H14O5. The summed E-state index contributed by atoms with van der Waals surface area (Å²) in [5.74, 6) is 0. The Bertz CT molecular complexity index is 140. The topological polar surface area (TPSA) is 68.2 Å². The van der Waals surface area contributed by atoms with Gasteiger partial charge in [-0.1, -0.05) is 0 Å². The summed E-state index contributed by atoms with van der Waals surface area (Å²) in [6.45, 7) is -0.185. The van der Waals surface area contributed by atoms with Crippen LogP contribution in [0.3, 0.4) is 0 Å². The molecule has 0 spiro atoms. The van der Waals surface area contributed by atoms with Crippen LogP contribution >= 0.6 is 0 Å². The normalized spacial score (nSPS) is 42.0. The molecule has 72 valence electrons. The quantitative estimate of drug-likeness (QED) is 0.563. The number of rotatable bonds is 3. The highest BCUT2D eigenvalue weighted by Crippen LogP contribution is 2.23. The van der Waals surface area contributed by atoms with Gasteiger partial charge in [-0.15, -0.1) is 0 Å². The van der Waals surface area contributed by atoms with Crippen LogP contribution in [-0.4, -0.2) is 55.6 Å². The van der Waals surface area contributed by atoms with Crippen molar-refractivity contribution in [3.8, 4) is 0 Å². The van der Waals surface area contributed by atoms with Gasteiger partial charge in [-0.25, -0.2) is 0 Å². The predicted octanol–water partition coefficient (Wildman–Crippen LogP) is -1.27. The molecule has 5 nitrogen and oxygen atoms in total. The van der Waals surface area contributed by atoms with Crippen molar-refractivity contribution >= 4 is 0 Å². The molecule has 0 aliphatic carbocycles. The van der Waals surface area contributed by atoms with E-state index in [4.69, 9.17) is 19.3 Å². The molecule has 0 amide bonds. The van der Waals surface area contributed by atoms with E-state index >= 15 is 0 Å². The first-order chi connectivity index (χ1) is 5.74. The maximum atomic E-state index is 9.25. The fourth-order valence-electron chi connectivity index (χ4n) is 1.39. The molecule has 0 aromatic heterocycles. The van der Waals surface area contributed by atoms with Gasteiger partial charge < -0.3 is 24.4 Å². The van der Waals surface area contributed by atoms with E-state index in [9.17, 15) is 5.11 Å². The molecule has 5 heteroatoms. The first kappa shape index (κ1) is 9.88. The summed E-state index contributed by atoms with van der Waals surface area (Å²) in [5.41, 5.74) is 0. The number of hydrogen-bond donors (Lipinski definition) is 2. The third-order valence-corrected chi connectivity index (χ3v) is 2.01. The molecule has 1 fully saturated rings. The lowest BCUT2D eigenvalue weighted by atomic mass is 10.1. The maximum absolute atomic E-state index is 9.25. The van der Waals surface area contributed by atoms with E-state index in [1.807, 2.05) is 0 Å². The van der Waals surface area contributed by atoms with Gasteiger partial charge in [0.1, 0.15) is 18.3 Å². The third kappa shape index (κ3) is 1.60. The van der Waals surface area contributed by atoms with Crippen molar-refractivity contribution in [1.29, 1.82) is 0 Å². The van der Waals surface area contributed by atoms with Crippen LogP contribution in [-0.2, 0) is 14.2 Å². The summed E-state index contributed by atoms with van der Waals surface area (Å²) in [6.07, 6.45) is -2.45. The molecule has 0 unspecified atom stereocenters. The van der Waals surface area contributed by atoms with E-state index in [2.05, 4.69) is 0 Å². The number of ether oxygens (including phenoxy) is 3. The molecule has 0 aromatic rings. The van der Waals surface area contributed by atoms with E-state index in [1.165, 1.54) is 14.2 Å². The van der Waals surface area contributed by atoms with Crippen LogP contribution in [0.1, 0.15) is 0 Å². The van der Waals surface area contributed by atoms with Crippen LogP contribution in [0, 0.1) is 0 Å². The molecule has 1 heterocycles. The highest BCUT2D eigenvalue weighted by molar-refractivity contribution is 4.87. The molecule has 1 saturated heterocycles. The van der Waals surface area contributed by atoms with E-state index in [0.717, 1.165) is 0 Å². The van der Waals surface area contributed by atoms with E-state index in [1.54, 1.807) is 0 Å². The molecule has 0 bridgehead atoms. The summed E-state index contributed by atoms with van der Waals surface area (Å²) in [4.78, 5) is 0. The lowest BCUT2D eigenvalue weighted by Gasteiger charge is -2.18. The van der Waals surface area contributed by atoms with Crippen LogP contribution in [0.5, 0.6) is 0 Å². The zero-order valence-electron chi connectivity index (χ0n) is 7.14. The number of aliphatic hydroxyl groups is 2. The van der Waals surface area contributed by atoms with Gasteiger partial charge in [0.2, 0.25) is 0 Å². The summed E-state index contributed by atoms with van der Waals surface area (Å²) in [5, 5.41) is 18.1. The summed E-state index contributed by atoms with van der Waals surface area (Å²) < 4.78 is 14.9. The minimum atomic E-state index is -1.02. The summed E-state index contributed by atoms with van der Waals surface area (Å²) >= 11 is 0. The molecular weight excluding hydrogens is 164 g/mol. The molecule has 1 aliphatic heterocycles. The van der Waals surface area contributed by atoms with Gasteiger partial charge in [-0.3, -0.25) is 0 Å². The number of methoxy groups -OCH3 is 2. The second-order valence-electron chi connectivity index (χ2n) is 2.65. The van der Waals surface area contributed by atoms with E-state index in [-0.39, 0.29) is 6.61 Å². The Kier molecular flexibility index (Phi) is 3.42. The fraction of sp³-hybridized carbons (Fsp3) is 1.00. The van der Waals surface area contributed by atoms with Crippen molar-refractivity contribution in [2.24, 2.45) is 0 Å². The van der Waals surface area contributed by atoms with Crippen LogP contribution in [0.4, 0.5) is 0 Å². The fourth-order valence-corrected chi connectivity index (χ4v) is 1.39. The van der Waals surface area contributed by atoms with Gasteiger partial charge in [0, 0.05) is 14.2 Å². The zero-order valence-corrected chi connectivity index (χ0v) is 7.14. The van der Waals surface area contributed by atoms with Gasteiger partial charge in [-0.2, -0.15) is 0 Å². The van der Waals surface area contributed by atoms with Crippen molar-refractivity contribution in [3.05, 3.63) is 0 Å². The van der Waals surface area contributed by atoms with Gasteiger partial charge in [0.05, 0.1) is 6.61 Å². The highest BCUT2D eigenvalue weighted by Gasteiger charge is 2.44. The Morgan fingerprint density at radius 1 is 1.25 bits per heavy atom. The first-order valence-electron chi connectivity index (χ1n) is 3.74. The van der Waals surface area contributed by atoms with Crippen molar-refractivity contribution in [1.82, 2.24) is 0 Å². The minimum Gasteiger partial charge on any atom is -0.394 e. The van der Waals surface area contributed by atoms with Gasteiger partial charge in [0.15, 0.2) is 6.29 Å². The maximum Gasteiger partial charge on any atom is 0.184 e. The summed E-state index contributed by atoms with van der Waals surface area (Å²) in [6, 6.07) is 0. The van der Waals surface area contributed by atoms with Crippen LogP contribution in [0.2, 0.25) is 0 Å². The lowest BCUT2D eigenvalue weighted by molar-refractivity contribution is -0.140. The second-order valence-corrected chi connectivity index (χ2v) is 2.65. The smallest absolute Gasteiger partial charge is 0.184 e. The van der Waals surface area contributed by atoms with Crippen LogP contribution < -0.4 is 0 Å². The average Bonchev–Trinajstić information content (AvgIpc) is 2.40. The lowest BCUT2D eigenvalue weighted by Crippen LogP contribution is -2.37. The zero-order chi connectivity index (χ0) is 9.14. The summed E-state index contributed by atoms with van der Waals surface area (Å²) in [7, 11) is 2.95. The standard InChI is InChI=1S/C7H14O5/c1-10-5-4(3-8)12-7(9)6(5)11-2/h4-9H,3H2,1-2H3/t4-,5+,6-,7+/m1/s1. The van der Waals surface area contributed by atoms with Gasteiger partial charge >= 0.3 is 0 Å². The first-order valence-corrected chi connectivity index (χ1v) is 3.74. The SMILES string of the molecule is CO[C@@H]1[C@@H](OC)[C@@H](CO)O[C@@H]1O.